The van der Waals surface area contributed by atoms with Gasteiger partial charge in [-0.3, -0.25) is 4.90 Å². The fourth-order valence-corrected chi connectivity index (χ4v) is 2.39. The van der Waals surface area contributed by atoms with Gasteiger partial charge in [-0.2, -0.15) is 0 Å². The number of benzene rings is 1. The van der Waals surface area contributed by atoms with Crippen LogP contribution >= 0.6 is 0 Å². The number of anilines is 1. The molecule has 1 saturated heterocycles. The van der Waals surface area contributed by atoms with Gasteiger partial charge in [0.15, 0.2) is 0 Å². The van der Waals surface area contributed by atoms with Gasteiger partial charge < -0.3 is 15.3 Å². The van der Waals surface area contributed by atoms with Crippen LogP contribution in [-0.2, 0) is 6.42 Å². The number of urea groups is 1. The van der Waals surface area contributed by atoms with Crippen molar-refractivity contribution in [3.63, 3.8) is 0 Å². The molecule has 0 bridgehead atoms. The number of rotatable bonds is 4. The van der Waals surface area contributed by atoms with Crippen molar-refractivity contribution in [1.82, 2.24) is 9.80 Å². The highest BCUT2D eigenvalue weighted by atomic mass is 16.3. The van der Waals surface area contributed by atoms with Gasteiger partial charge in [-0.1, -0.05) is 19.1 Å². The highest BCUT2D eigenvalue weighted by molar-refractivity contribution is 5.89. The van der Waals surface area contributed by atoms with Crippen LogP contribution in [-0.4, -0.2) is 60.3 Å². The van der Waals surface area contributed by atoms with Crippen molar-refractivity contribution >= 4 is 11.7 Å². The molecule has 20 heavy (non-hydrogen) atoms. The number of carbonyl (C=O) groups excluding carboxylic acids is 1. The summed E-state index contributed by atoms with van der Waals surface area (Å²) in [6.45, 7) is 6.02. The number of nitrogens with zero attached hydrogens (tertiary/aromatic N) is 2. The van der Waals surface area contributed by atoms with E-state index in [9.17, 15) is 4.79 Å². The number of carbonyl (C=O) groups is 1. The summed E-state index contributed by atoms with van der Waals surface area (Å²) in [6, 6.07) is 7.91. The van der Waals surface area contributed by atoms with E-state index in [1.54, 1.807) is 0 Å². The van der Waals surface area contributed by atoms with Gasteiger partial charge in [-0.25, -0.2) is 4.79 Å². The SMILES string of the molecule is CCc1cccc(NC(=O)N2CCN(CCO)CC2)c1. The van der Waals surface area contributed by atoms with Crippen molar-refractivity contribution in [2.24, 2.45) is 0 Å². The molecule has 0 radical (unpaired) electrons. The second-order valence-corrected chi connectivity index (χ2v) is 5.04. The Bertz CT molecular complexity index is 442. The first kappa shape index (κ1) is 14.8. The van der Waals surface area contributed by atoms with Gasteiger partial charge >= 0.3 is 6.03 Å². The molecule has 0 unspecified atom stereocenters. The Labute approximate surface area is 120 Å². The third kappa shape index (κ3) is 3.95. The third-order valence-corrected chi connectivity index (χ3v) is 3.66. The molecule has 110 valence electrons. The summed E-state index contributed by atoms with van der Waals surface area (Å²) in [5.41, 5.74) is 2.07. The van der Waals surface area contributed by atoms with Crippen LogP contribution in [0.25, 0.3) is 0 Å². The fraction of sp³-hybridized carbons (Fsp3) is 0.533. The van der Waals surface area contributed by atoms with E-state index in [1.807, 2.05) is 23.1 Å². The molecule has 5 heteroatoms. The Balaban J connectivity index is 1.86. The molecule has 0 saturated carbocycles. The van der Waals surface area contributed by atoms with Gasteiger partial charge in [-0.15, -0.1) is 0 Å². The minimum absolute atomic E-state index is 0.0399. The van der Waals surface area contributed by atoms with Crippen molar-refractivity contribution in [2.45, 2.75) is 13.3 Å². The van der Waals surface area contributed by atoms with E-state index in [0.29, 0.717) is 19.6 Å². The Morgan fingerprint density at radius 1 is 1.30 bits per heavy atom. The smallest absolute Gasteiger partial charge is 0.321 e. The van der Waals surface area contributed by atoms with E-state index >= 15 is 0 Å². The molecule has 0 spiro atoms. The first-order chi connectivity index (χ1) is 9.72. The lowest BCUT2D eigenvalue weighted by molar-refractivity contribution is 0.127. The van der Waals surface area contributed by atoms with Crippen LogP contribution in [0.15, 0.2) is 24.3 Å². The summed E-state index contributed by atoms with van der Waals surface area (Å²) in [5, 5.41) is 11.9. The fourth-order valence-electron chi connectivity index (χ4n) is 2.39. The average Bonchev–Trinajstić information content (AvgIpc) is 2.48. The first-order valence-electron chi connectivity index (χ1n) is 7.21. The van der Waals surface area contributed by atoms with E-state index in [0.717, 1.165) is 25.2 Å². The topological polar surface area (TPSA) is 55.8 Å². The van der Waals surface area contributed by atoms with E-state index in [1.165, 1.54) is 5.56 Å². The van der Waals surface area contributed by atoms with Crippen molar-refractivity contribution in [2.75, 3.05) is 44.6 Å². The van der Waals surface area contributed by atoms with Gasteiger partial charge in [0.2, 0.25) is 0 Å². The van der Waals surface area contributed by atoms with Gasteiger partial charge in [0.25, 0.3) is 0 Å². The minimum Gasteiger partial charge on any atom is -0.395 e. The predicted octanol–water partition coefficient (Wildman–Crippen LogP) is 1.39. The summed E-state index contributed by atoms with van der Waals surface area (Å²) in [7, 11) is 0. The summed E-state index contributed by atoms with van der Waals surface area (Å²) >= 11 is 0. The van der Waals surface area contributed by atoms with Crippen LogP contribution in [0.1, 0.15) is 12.5 Å². The molecule has 1 heterocycles. The number of hydrogen-bond acceptors (Lipinski definition) is 3. The molecule has 5 nitrogen and oxygen atoms in total. The molecular weight excluding hydrogens is 254 g/mol. The summed E-state index contributed by atoms with van der Waals surface area (Å²) in [6.07, 6.45) is 0.962. The maximum Gasteiger partial charge on any atom is 0.321 e. The third-order valence-electron chi connectivity index (χ3n) is 3.66. The lowest BCUT2D eigenvalue weighted by Gasteiger charge is -2.34. The Morgan fingerprint density at radius 2 is 2.05 bits per heavy atom. The number of β-amino-alcohol motifs (C(OH)–C–C–N with tert-alkyl or cyclic N) is 1. The minimum atomic E-state index is -0.0399. The van der Waals surface area contributed by atoms with Gasteiger partial charge in [-0.05, 0) is 24.1 Å². The van der Waals surface area contributed by atoms with Gasteiger partial charge in [0.1, 0.15) is 0 Å². The lowest BCUT2D eigenvalue weighted by Crippen LogP contribution is -2.50. The first-order valence-corrected chi connectivity index (χ1v) is 7.21. The molecular formula is C15H23N3O2. The van der Waals surface area contributed by atoms with Crippen molar-refractivity contribution in [3.05, 3.63) is 29.8 Å². The molecule has 0 atom stereocenters. The van der Waals surface area contributed by atoms with E-state index < -0.39 is 0 Å². The van der Waals surface area contributed by atoms with Crippen LogP contribution in [0, 0.1) is 0 Å². The molecule has 1 aromatic carbocycles. The molecule has 1 fully saturated rings. The highest BCUT2D eigenvalue weighted by Crippen LogP contribution is 2.12. The Kier molecular flexibility index (Phi) is 5.38. The monoisotopic (exact) mass is 277 g/mol. The standard InChI is InChI=1S/C15H23N3O2/c1-2-13-4-3-5-14(12-13)16-15(20)18-8-6-17(7-9-18)10-11-19/h3-5,12,19H,2,6-11H2,1H3,(H,16,20). The van der Waals surface area contributed by atoms with Crippen molar-refractivity contribution in [3.8, 4) is 0 Å². The molecule has 1 aromatic rings. The van der Waals surface area contributed by atoms with Crippen LogP contribution in [0.4, 0.5) is 10.5 Å². The zero-order valence-electron chi connectivity index (χ0n) is 12.0. The predicted molar refractivity (Wildman–Crippen MR) is 79.9 cm³/mol. The number of aryl methyl sites for hydroxylation is 1. The normalized spacial score (nSPS) is 16.2. The Hall–Kier alpha value is -1.59. The summed E-state index contributed by atoms with van der Waals surface area (Å²) in [5.74, 6) is 0. The van der Waals surface area contributed by atoms with Gasteiger partial charge in [0.05, 0.1) is 6.61 Å². The zero-order chi connectivity index (χ0) is 14.4. The molecule has 2 rings (SSSR count). The number of aliphatic hydroxyl groups is 1. The quantitative estimate of drug-likeness (QED) is 0.874. The molecule has 1 aliphatic heterocycles. The second kappa shape index (κ2) is 7.26. The Morgan fingerprint density at radius 3 is 2.70 bits per heavy atom. The molecule has 2 amide bonds. The number of amides is 2. The van der Waals surface area contributed by atoms with Crippen LogP contribution in [0.2, 0.25) is 0 Å². The van der Waals surface area contributed by atoms with Crippen LogP contribution in [0.3, 0.4) is 0 Å². The number of nitrogens with one attached hydrogen (secondary N) is 1. The van der Waals surface area contributed by atoms with Crippen molar-refractivity contribution in [1.29, 1.82) is 0 Å². The molecule has 0 aliphatic carbocycles. The second-order valence-electron chi connectivity index (χ2n) is 5.04. The highest BCUT2D eigenvalue weighted by Gasteiger charge is 2.20. The molecule has 1 aliphatic rings. The number of aliphatic hydroxyl groups excluding tert-OH is 1. The van der Waals surface area contributed by atoms with Crippen LogP contribution < -0.4 is 5.32 Å². The number of piperazine rings is 1. The molecule has 2 N–H and O–H groups in total. The average molecular weight is 277 g/mol. The van der Waals surface area contributed by atoms with E-state index in [4.69, 9.17) is 5.11 Å². The van der Waals surface area contributed by atoms with E-state index in [2.05, 4.69) is 23.2 Å². The summed E-state index contributed by atoms with van der Waals surface area (Å²) < 4.78 is 0. The van der Waals surface area contributed by atoms with E-state index in [-0.39, 0.29) is 12.6 Å². The lowest BCUT2D eigenvalue weighted by atomic mass is 10.1. The van der Waals surface area contributed by atoms with Crippen LogP contribution in [0.5, 0.6) is 0 Å². The van der Waals surface area contributed by atoms with Crippen molar-refractivity contribution < 1.29 is 9.90 Å². The largest absolute Gasteiger partial charge is 0.395 e. The molecule has 0 aromatic heterocycles. The zero-order valence-corrected chi connectivity index (χ0v) is 12.0. The van der Waals surface area contributed by atoms with Gasteiger partial charge in [0, 0.05) is 38.4 Å². The maximum atomic E-state index is 12.2. The number of hydrogen-bond donors (Lipinski definition) is 2. The maximum absolute atomic E-state index is 12.2. The summed E-state index contributed by atoms with van der Waals surface area (Å²) in [4.78, 5) is 16.2.